The van der Waals surface area contributed by atoms with E-state index in [9.17, 15) is 29.2 Å². The molecule has 0 heterocycles. The molecule has 0 rings (SSSR count). The zero-order valence-corrected chi connectivity index (χ0v) is 12.1. The number of rotatable bonds is 8. The van der Waals surface area contributed by atoms with E-state index in [2.05, 4.69) is 9.05 Å². The summed E-state index contributed by atoms with van der Waals surface area (Å²) in [6.07, 6.45) is -13.4. The monoisotopic (exact) mass is 372 g/mol. The molecule has 0 aromatic rings. The van der Waals surface area contributed by atoms with Gasteiger partial charge in [-0.05, 0) is 0 Å². The van der Waals surface area contributed by atoms with E-state index in [1.54, 1.807) is 0 Å². The highest BCUT2D eigenvalue weighted by Crippen LogP contribution is 2.38. The van der Waals surface area contributed by atoms with E-state index in [1.165, 1.54) is 0 Å². The second-order valence-corrected chi connectivity index (χ2v) is 6.16. The van der Waals surface area contributed by atoms with Gasteiger partial charge in [-0.2, -0.15) is 0 Å². The number of hydrogen-bond donors (Lipinski definition) is 9. The summed E-state index contributed by atoms with van der Waals surface area (Å²) in [5, 5.41) is 46.0. The third-order valence-electron chi connectivity index (χ3n) is 2.01. The number of phosphoric acid groups is 2. The Morgan fingerprint density at radius 3 is 1.59 bits per heavy atom. The minimum atomic E-state index is -5.36. The van der Waals surface area contributed by atoms with E-state index in [0.29, 0.717) is 0 Å². The van der Waals surface area contributed by atoms with Crippen LogP contribution in [-0.4, -0.2) is 81.8 Å². The molecular formula is C6H14O14P2. The van der Waals surface area contributed by atoms with Crippen molar-refractivity contribution >= 4 is 21.6 Å². The lowest BCUT2D eigenvalue weighted by Gasteiger charge is -2.28. The Bertz CT molecular complexity index is 466. The van der Waals surface area contributed by atoms with Crippen LogP contribution in [0.2, 0.25) is 0 Å². The Kier molecular flexibility index (Phi) is 7.71. The van der Waals surface area contributed by atoms with Crippen molar-refractivity contribution in [2.45, 2.75) is 30.7 Å². The first kappa shape index (κ1) is 21.5. The highest BCUT2D eigenvalue weighted by molar-refractivity contribution is 7.47. The summed E-state index contributed by atoms with van der Waals surface area (Å²) in [6.45, 7) is 0. The maximum atomic E-state index is 11.0. The van der Waals surface area contributed by atoms with Gasteiger partial charge in [-0.25, -0.2) is 13.9 Å². The minimum Gasteiger partial charge on any atom is -0.387 e. The lowest BCUT2D eigenvalue weighted by Crippen LogP contribution is -2.51. The van der Waals surface area contributed by atoms with Gasteiger partial charge in [0.25, 0.3) is 0 Å². The van der Waals surface area contributed by atoms with Crippen LogP contribution in [0.5, 0.6) is 0 Å². The molecule has 14 nitrogen and oxygen atoms in total. The first-order valence-corrected chi connectivity index (χ1v) is 8.15. The quantitative estimate of drug-likeness (QED) is 0.144. The second kappa shape index (κ2) is 7.88. The molecule has 1 unspecified atom stereocenters. The summed E-state index contributed by atoms with van der Waals surface area (Å²) >= 11 is 0. The van der Waals surface area contributed by atoms with Crippen LogP contribution in [0.4, 0.5) is 0 Å². The van der Waals surface area contributed by atoms with Crippen molar-refractivity contribution in [2.75, 3.05) is 0 Å². The van der Waals surface area contributed by atoms with Crippen LogP contribution < -0.4 is 0 Å². The molecule has 0 aliphatic heterocycles. The first-order chi connectivity index (χ1) is 9.65. The van der Waals surface area contributed by atoms with Crippen molar-refractivity contribution in [3.8, 4) is 0 Å². The molecule has 22 heavy (non-hydrogen) atoms. The fourth-order valence-corrected chi connectivity index (χ4v) is 1.82. The summed E-state index contributed by atoms with van der Waals surface area (Å²) in [7, 11) is -10.6. The van der Waals surface area contributed by atoms with Gasteiger partial charge in [-0.15, -0.1) is 0 Å². The van der Waals surface area contributed by atoms with Crippen LogP contribution in [0.1, 0.15) is 0 Å². The molecule has 5 atom stereocenters. The van der Waals surface area contributed by atoms with Crippen LogP contribution >= 0.6 is 15.6 Å². The number of hydrogen-bond acceptors (Lipinski definition) is 10. The van der Waals surface area contributed by atoms with Gasteiger partial charge in [-0.1, -0.05) is 0 Å². The summed E-state index contributed by atoms with van der Waals surface area (Å²) in [5.74, 6) is -2.07. The van der Waals surface area contributed by atoms with Crippen LogP contribution in [0.15, 0.2) is 0 Å². The number of carbonyl (C=O) groups excluding carboxylic acids is 1. The van der Waals surface area contributed by atoms with E-state index in [4.69, 9.17) is 29.8 Å². The van der Waals surface area contributed by atoms with Crippen LogP contribution in [0.25, 0.3) is 0 Å². The Hall–Kier alpha value is -0.470. The number of carbonyl (C=O) groups is 1. The summed E-state index contributed by atoms with van der Waals surface area (Å²) in [4.78, 5) is 44.3. The average Bonchev–Trinajstić information content (AvgIpc) is 2.30. The SMILES string of the molecule is O=C(OP(=O)(O)O)[C@@H](O)[C@H](O)[C@@H](O)[C@H](O)C(O)OP(=O)(O)O. The number of aliphatic hydroxyl groups is 5. The van der Waals surface area contributed by atoms with E-state index < -0.39 is 52.3 Å². The fraction of sp³-hybridized carbons (Fsp3) is 0.833. The number of aliphatic hydroxyl groups excluding tert-OH is 5. The predicted octanol–water partition coefficient (Wildman–Crippen LogP) is -4.51. The van der Waals surface area contributed by atoms with Crippen molar-refractivity contribution in [3.63, 3.8) is 0 Å². The Morgan fingerprint density at radius 2 is 1.23 bits per heavy atom. The molecule has 0 aromatic heterocycles. The maximum absolute atomic E-state index is 11.0. The van der Waals surface area contributed by atoms with E-state index in [1.807, 2.05) is 0 Å². The highest BCUT2D eigenvalue weighted by Gasteiger charge is 2.41. The van der Waals surface area contributed by atoms with E-state index in [0.717, 1.165) is 0 Å². The van der Waals surface area contributed by atoms with E-state index in [-0.39, 0.29) is 0 Å². The smallest absolute Gasteiger partial charge is 0.387 e. The molecule has 0 aromatic carbocycles. The molecule has 9 N–H and O–H groups in total. The number of phosphoric ester groups is 2. The maximum Gasteiger partial charge on any atom is 0.527 e. The van der Waals surface area contributed by atoms with Crippen molar-refractivity contribution in [2.24, 2.45) is 0 Å². The largest absolute Gasteiger partial charge is 0.527 e. The molecule has 0 aliphatic rings. The molecule has 0 fully saturated rings. The molecule has 0 aliphatic carbocycles. The molecule has 0 spiro atoms. The molecule has 16 heteroatoms. The molecular weight excluding hydrogens is 358 g/mol. The van der Waals surface area contributed by atoms with Gasteiger partial charge in [0.2, 0.25) is 0 Å². The van der Waals surface area contributed by atoms with Crippen LogP contribution in [0, 0.1) is 0 Å². The lowest BCUT2D eigenvalue weighted by molar-refractivity contribution is -0.189. The zero-order valence-electron chi connectivity index (χ0n) is 10.3. The third-order valence-corrected chi connectivity index (χ3v) is 2.92. The highest BCUT2D eigenvalue weighted by atomic mass is 31.2. The summed E-state index contributed by atoms with van der Waals surface area (Å²) in [6, 6.07) is 0. The molecule has 0 saturated heterocycles. The normalized spacial score (nSPS) is 19.9. The van der Waals surface area contributed by atoms with Crippen molar-refractivity contribution in [1.82, 2.24) is 0 Å². The first-order valence-electron chi connectivity index (χ1n) is 5.09. The minimum absolute atomic E-state index is 2.07. The van der Waals surface area contributed by atoms with Gasteiger partial charge in [0.05, 0.1) is 0 Å². The van der Waals surface area contributed by atoms with E-state index >= 15 is 0 Å². The molecule has 0 saturated carbocycles. The second-order valence-electron chi connectivity index (χ2n) is 3.80. The van der Waals surface area contributed by atoms with Crippen molar-refractivity contribution in [3.05, 3.63) is 0 Å². The summed E-state index contributed by atoms with van der Waals surface area (Å²) in [5.41, 5.74) is 0. The zero-order chi connectivity index (χ0) is 17.9. The molecule has 0 radical (unpaired) electrons. The van der Waals surface area contributed by atoms with Crippen LogP contribution in [-0.2, 0) is 23.0 Å². The van der Waals surface area contributed by atoms with Gasteiger partial charge in [-0.3, -0.25) is 14.3 Å². The third kappa shape index (κ3) is 7.69. The standard InChI is InChI=1S/C6H14O14P2/c7-1(3(9)5(11)19-21(13,14)15)2(8)4(10)6(12)20-22(16,17)18/h1-5,7-11H,(H2,13,14,15)(H2,16,17,18)/t1-,2-,3+,4+,5?/m1/s1. The molecule has 0 amide bonds. The van der Waals surface area contributed by atoms with Crippen LogP contribution in [0.3, 0.4) is 0 Å². The van der Waals surface area contributed by atoms with Gasteiger partial charge < -0.3 is 39.8 Å². The fourth-order valence-electron chi connectivity index (χ4n) is 1.07. The molecule has 0 bridgehead atoms. The average molecular weight is 372 g/mol. The van der Waals surface area contributed by atoms with Gasteiger partial charge in [0.1, 0.15) is 18.3 Å². The molecule has 132 valence electrons. The Morgan fingerprint density at radius 1 is 0.773 bits per heavy atom. The van der Waals surface area contributed by atoms with Gasteiger partial charge in [0, 0.05) is 0 Å². The summed E-state index contributed by atoms with van der Waals surface area (Å²) < 4.78 is 27.7. The predicted molar refractivity (Wildman–Crippen MR) is 61.3 cm³/mol. The van der Waals surface area contributed by atoms with Crippen molar-refractivity contribution in [1.29, 1.82) is 0 Å². The Labute approximate surface area is 121 Å². The van der Waals surface area contributed by atoms with Gasteiger partial charge in [0.15, 0.2) is 12.4 Å². The van der Waals surface area contributed by atoms with Crippen molar-refractivity contribution < 1.29 is 68.1 Å². The lowest BCUT2D eigenvalue weighted by atomic mass is 10.0. The van der Waals surface area contributed by atoms with Gasteiger partial charge >= 0.3 is 21.6 Å². The topological polar surface area (TPSA) is 252 Å². The Balaban J connectivity index is 4.83.